The molecule has 0 radical (unpaired) electrons. The second-order valence-electron chi connectivity index (χ2n) is 7.24. The van der Waals surface area contributed by atoms with Crippen LogP contribution in [-0.2, 0) is 22.6 Å². The molecule has 2 heterocycles. The summed E-state index contributed by atoms with van der Waals surface area (Å²) in [6.45, 7) is -0.218. The predicted molar refractivity (Wildman–Crippen MR) is 119 cm³/mol. The topological polar surface area (TPSA) is 59.4 Å². The minimum Gasteiger partial charge on any atom is -0.328 e. The molecule has 10 heteroatoms. The summed E-state index contributed by atoms with van der Waals surface area (Å²) in [5.74, 6) is -0.811. The Morgan fingerprint density at radius 1 is 0.939 bits per heavy atom. The molecule has 170 valence electrons. The van der Waals surface area contributed by atoms with E-state index in [-0.39, 0.29) is 17.8 Å². The number of benzene rings is 2. The van der Waals surface area contributed by atoms with Crippen LogP contribution >= 0.6 is 11.6 Å². The predicted octanol–water partition coefficient (Wildman–Crippen LogP) is 5.69. The van der Waals surface area contributed by atoms with Crippen LogP contribution in [0.1, 0.15) is 21.7 Å². The number of carbonyl (C=O) groups is 1. The van der Waals surface area contributed by atoms with E-state index in [1.165, 1.54) is 24.3 Å². The van der Waals surface area contributed by atoms with Crippen LogP contribution in [-0.4, -0.2) is 23.8 Å². The third-order valence-electron chi connectivity index (χ3n) is 4.99. The van der Waals surface area contributed by atoms with Crippen molar-refractivity contribution in [3.8, 4) is 11.1 Å². The van der Waals surface area contributed by atoms with Crippen molar-refractivity contribution >= 4 is 27.3 Å². The number of rotatable bonds is 4. The maximum absolute atomic E-state index is 14.1. The molecule has 2 aromatic carbocycles. The van der Waals surface area contributed by atoms with E-state index in [4.69, 9.17) is 11.6 Å². The minimum absolute atomic E-state index is 0.0511. The Balaban J connectivity index is 1.94. The summed E-state index contributed by atoms with van der Waals surface area (Å²) in [5, 5.41) is 2.00. The molecule has 1 aliphatic rings. The number of amides is 1. The lowest BCUT2D eigenvalue weighted by molar-refractivity contribution is -0.143. The van der Waals surface area contributed by atoms with Crippen LogP contribution in [0.5, 0.6) is 0 Å². The van der Waals surface area contributed by atoms with Gasteiger partial charge in [0.2, 0.25) is 0 Å². The van der Waals surface area contributed by atoms with Crippen molar-refractivity contribution in [1.29, 1.82) is 0 Å². The highest BCUT2D eigenvalue weighted by Crippen LogP contribution is 2.38. The lowest BCUT2D eigenvalue weighted by Gasteiger charge is -2.20. The summed E-state index contributed by atoms with van der Waals surface area (Å²) >= 11 is 5.93. The molecule has 33 heavy (non-hydrogen) atoms. The summed E-state index contributed by atoms with van der Waals surface area (Å²) < 4.78 is 66.4. The Morgan fingerprint density at radius 3 is 2.12 bits per heavy atom. The first-order valence-electron chi connectivity index (χ1n) is 9.60. The maximum atomic E-state index is 14.1. The van der Waals surface area contributed by atoms with Crippen LogP contribution in [0.2, 0.25) is 5.02 Å². The molecular weight excluding hydrogens is 477 g/mol. The molecule has 1 aromatic heterocycles. The second-order valence-corrected chi connectivity index (χ2v) is 9.40. The first kappa shape index (κ1) is 22.9. The van der Waals surface area contributed by atoms with Gasteiger partial charge < -0.3 is 4.57 Å². The summed E-state index contributed by atoms with van der Waals surface area (Å²) in [6.07, 6.45) is -2.72. The lowest BCUT2D eigenvalue weighted by atomic mass is 10.0. The van der Waals surface area contributed by atoms with Gasteiger partial charge in [-0.3, -0.25) is 9.69 Å². The molecule has 4 rings (SSSR count). The van der Waals surface area contributed by atoms with Gasteiger partial charge in [0.05, 0.1) is 10.8 Å². The number of sulfone groups is 1. The zero-order valence-corrected chi connectivity index (χ0v) is 18.4. The van der Waals surface area contributed by atoms with Crippen molar-refractivity contribution < 1.29 is 26.4 Å². The fourth-order valence-corrected chi connectivity index (χ4v) is 4.27. The average molecular weight is 493 g/mol. The SMILES string of the molecule is O=C(c1c(-c2ccc(Cl)cc2)cc(C(F)(F)F)n1Cc1ccccc1)N1C=CS(=O)(=O)C=C1. The van der Waals surface area contributed by atoms with Gasteiger partial charge in [-0.1, -0.05) is 54.1 Å². The van der Waals surface area contributed by atoms with Gasteiger partial charge in [0.15, 0.2) is 9.84 Å². The zero-order chi connectivity index (χ0) is 23.8. The highest BCUT2D eigenvalue weighted by molar-refractivity contribution is 7.97. The molecule has 0 atom stereocenters. The summed E-state index contributed by atoms with van der Waals surface area (Å²) in [4.78, 5) is 14.4. The monoisotopic (exact) mass is 492 g/mol. The molecule has 1 amide bonds. The molecule has 0 saturated carbocycles. The van der Waals surface area contributed by atoms with Crippen LogP contribution in [0, 0.1) is 0 Å². The van der Waals surface area contributed by atoms with Gasteiger partial charge in [-0.15, -0.1) is 0 Å². The normalized spacial score (nSPS) is 15.1. The molecule has 0 aliphatic carbocycles. The van der Waals surface area contributed by atoms with E-state index in [0.717, 1.165) is 38.7 Å². The molecular formula is C23H16ClF3N2O3S. The van der Waals surface area contributed by atoms with Crippen LogP contribution in [0.3, 0.4) is 0 Å². The first-order chi connectivity index (χ1) is 15.5. The maximum Gasteiger partial charge on any atom is 0.431 e. The third kappa shape index (κ3) is 4.89. The standard InChI is InChI=1S/C23H16ClF3N2O3S/c24-18-8-6-17(7-9-18)19-14-20(23(25,26)27)29(15-16-4-2-1-3-5-16)21(19)22(30)28-10-12-33(31,32)13-11-28/h1-14H,15H2. The van der Waals surface area contributed by atoms with Crippen molar-refractivity contribution in [2.45, 2.75) is 12.7 Å². The summed E-state index contributed by atoms with van der Waals surface area (Å²) in [5.41, 5.74) is -0.269. The van der Waals surface area contributed by atoms with E-state index < -0.39 is 27.6 Å². The largest absolute Gasteiger partial charge is 0.431 e. The number of halogens is 4. The van der Waals surface area contributed by atoms with E-state index in [1.807, 2.05) is 0 Å². The van der Waals surface area contributed by atoms with Gasteiger partial charge in [0, 0.05) is 29.5 Å². The first-order valence-corrected chi connectivity index (χ1v) is 11.6. The number of carbonyl (C=O) groups excluding carboxylic acids is 1. The number of hydrogen-bond acceptors (Lipinski definition) is 3. The highest BCUT2D eigenvalue weighted by Gasteiger charge is 2.39. The van der Waals surface area contributed by atoms with E-state index in [1.54, 1.807) is 30.3 Å². The summed E-state index contributed by atoms with van der Waals surface area (Å²) in [7, 11) is -3.63. The molecule has 3 aromatic rings. The molecule has 0 fully saturated rings. The molecule has 0 unspecified atom stereocenters. The van der Waals surface area contributed by atoms with Gasteiger partial charge in [0.1, 0.15) is 11.4 Å². The Kier molecular flexibility index (Phi) is 5.94. The fourth-order valence-electron chi connectivity index (χ4n) is 3.45. The van der Waals surface area contributed by atoms with Gasteiger partial charge >= 0.3 is 6.18 Å². The van der Waals surface area contributed by atoms with Crippen molar-refractivity contribution in [3.05, 3.63) is 106 Å². The average Bonchev–Trinajstić information content (AvgIpc) is 3.14. The van der Waals surface area contributed by atoms with Crippen molar-refractivity contribution in [3.63, 3.8) is 0 Å². The highest BCUT2D eigenvalue weighted by atomic mass is 35.5. The van der Waals surface area contributed by atoms with Gasteiger partial charge in [0.25, 0.3) is 5.91 Å². The van der Waals surface area contributed by atoms with Gasteiger partial charge in [-0.05, 0) is 29.3 Å². The Bertz CT molecular complexity index is 1340. The number of alkyl halides is 3. The van der Waals surface area contributed by atoms with Crippen molar-refractivity contribution in [2.75, 3.05) is 0 Å². The number of nitrogens with zero attached hydrogens (tertiary/aromatic N) is 2. The smallest absolute Gasteiger partial charge is 0.328 e. The molecule has 5 nitrogen and oxygen atoms in total. The van der Waals surface area contributed by atoms with E-state index >= 15 is 0 Å². The van der Waals surface area contributed by atoms with Crippen LogP contribution in [0.15, 0.2) is 83.9 Å². The number of hydrogen-bond donors (Lipinski definition) is 0. The Morgan fingerprint density at radius 2 is 1.55 bits per heavy atom. The fraction of sp³-hybridized carbons (Fsp3) is 0.0870. The zero-order valence-electron chi connectivity index (χ0n) is 16.8. The lowest BCUT2D eigenvalue weighted by Crippen LogP contribution is -2.27. The number of aromatic nitrogens is 1. The van der Waals surface area contributed by atoms with Crippen LogP contribution in [0.25, 0.3) is 11.1 Å². The van der Waals surface area contributed by atoms with Gasteiger partial charge in [-0.2, -0.15) is 13.2 Å². The van der Waals surface area contributed by atoms with Crippen molar-refractivity contribution in [2.24, 2.45) is 0 Å². The molecule has 0 N–H and O–H groups in total. The molecule has 0 saturated heterocycles. The van der Waals surface area contributed by atoms with Crippen LogP contribution < -0.4 is 0 Å². The second kappa shape index (κ2) is 8.57. The van der Waals surface area contributed by atoms with E-state index in [9.17, 15) is 26.4 Å². The van der Waals surface area contributed by atoms with Crippen molar-refractivity contribution in [1.82, 2.24) is 9.47 Å². The van der Waals surface area contributed by atoms with E-state index in [0.29, 0.717) is 16.1 Å². The van der Waals surface area contributed by atoms with Crippen LogP contribution in [0.4, 0.5) is 13.2 Å². The van der Waals surface area contributed by atoms with Gasteiger partial charge in [-0.25, -0.2) is 8.42 Å². The minimum atomic E-state index is -4.74. The Labute approximate surface area is 192 Å². The third-order valence-corrected chi connectivity index (χ3v) is 6.24. The quantitative estimate of drug-likeness (QED) is 0.470. The Hall–Kier alpha value is -3.30. The molecule has 0 bridgehead atoms. The molecule has 1 aliphatic heterocycles. The summed E-state index contributed by atoms with van der Waals surface area (Å²) in [6, 6.07) is 15.4. The van der Waals surface area contributed by atoms with E-state index in [2.05, 4.69) is 0 Å². The molecule has 0 spiro atoms.